The molecule has 1 aliphatic heterocycles. The molecule has 1 unspecified atom stereocenters. The summed E-state index contributed by atoms with van der Waals surface area (Å²) < 4.78 is 16.3. The summed E-state index contributed by atoms with van der Waals surface area (Å²) in [5.41, 5.74) is 2.55. The third kappa shape index (κ3) is 3.22. The van der Waals surface area contributed by atoms with Gasteiger partial charge in [0.2, 0.25) is 5.91 Å². The molecule has 0 fully saturated rings. The Hall–Kier alpha value is -3.02. The number of hydrogen-bond acceptors (Lipinski definition) is 5. The van der Waals surface area contributed by atoms with Crippen LogP contribution in [0.4, 0.5) is 0 Å². The molecular formula is C20H22N2O4. The Morgan fingerprint density at radius 3 is 2.27 bits per heavy atom. The minimum absolute atomic E-state index is 0.138. The third-order valence-corrected chi connectivity index (χ3v) is 4.44. The average molecular weight is 354 g/mol. The molecule has 1 aliphatic rings. The van der Waals surface area contributed by atoms with Gasteiger partial charge in [0.05, 0.1) is 38.6 Å². The van der Waals surface area contributed by atoms with Crippen LogP contribution in [-0.2, 0) is 4.79 Å². The minimum atomic E-state index is -0.292. The van der Waals surface area contributed by atoms with Crippen LogP contribution in [0, 0.1) is 0 Å². The second-order valence-electron chi connectivity index (χ2n) is 5.94. The van der Waals surface area contributed by atoms with Gasteiger partial charge in [-0.25, -0.2) is 5.01 Å². The Bertz CT molecular complexity index is 825. The molecule has 26 heavy (non-hydrogen) atoms. The number of hydrazone groups is 1. The fourth-order valence-electron chi connectivity index (χ4n) is 3.21. The van der Waals surface area contributed by atoms with E-state index < -0.39 is 0 Å². The number of nitrogens with zero attached hydrogens (tertiary/aromatic N) is 2. The summed E-state index contributed by atoms with van der Waals surface area (Å²) in [5.74, 6) is 1.95. The van der Waals surface area contributed by atoms with Crippen molar-refractivity contribution in [1.29, 1.82) is 0 Å². The molecule has 0 saturated heterocycles. The maximum absolute atomic E-state index is 12.2. The summed E-state index contributed by atoms with van der Waals surface area (Å²) in [7, 11) is 4.84. The van der Waals surface area contributed by atoms with E-state index in [1.165, 1.54) is 11.9 Å². The van der Waals surface area contributed by atoms with Crippen LogP contribution < -0.4 is 14.2 Å². The Morgan fingerprint density at radius 1 is 1.04 bits per heavy atom. The van der Waals surface area contributed by atoms with Gasteiger partial charge in [0.15, 0.2) is 0 Å². The highest BCUT2D eigenvalue weighted by atomic mass is 16.5. The largest absolute Gasteiger partial charge is 0.497 e. The van der Waals surface area contributed by atoms with Crippen LogP contribution in [0.1, 0.15) is 30.5 Å². The van der Waals surface area contributed by atoms with E-state index in [4.69, 9.17) is 14.2 Å². The smallest absolute Gasteiger partial charge is 0.240 e. The van der Waals surface area contributed by atoms with Crippen molar-refractivity contribution in [2.24, 2.45) is 5.10 Å². The van der Waals surface area contributed by atoms with Crippen LogP contribution >= 0.6 is 0 Å². The molecule has 0 aromatic heterocycles. The van der Waals surface area contributed by atoms with Crippen LogP contribution in [0.3, 0.4) is 0 Å². The Labute approximate surface area is 153 Å². The molecule has 6 heteroatoms. The van der Waals surface area contributed by atoms with Gasteiger partial charge in [0.25, 0.3) is 0 Å². The Kier molecular flexibility index (Phi) is 5.11. The van der Waals surface area contributed by atoms with Crippen molar-refractivity contribution in [3.8, 4) is 17.2 Å². The van der Waals surface area contributed by atoms with Gasteiger partial charge in [0, 0.05) is 18.9 Å². The summed E-state index contributed by atoms with van der Waals surface area (Å²) in [6.45, 7) is 1.51. The third-order valence-electron chi connectivity index (χ3n) is 4.44. The van der Waals surface area contributed by atoms with Crippen molar-refractivity contribution in [1.82, 2.24) is 5.01 Å². The van der Waals surface area contributed by atoms with E-state index in [0.717, 1.165) is 22.6 Å². The first-order chi connectivity index (χ1) is 12.6. The molecular weight excluding hydrogens is 332 g/mol. The molecule has 0 N–H and O–H groups in total. The van der Waals surface area contributed by atoms with Crippen molar-refractivity contribution in [2.45, 2.75) is 19.4 Å². The molecule has 1 heterocycles. The quantitative estimate of drug-likeness (QED) is 0.826. The summed E-state index contributed by atoms with van der Waals surface area (Å²) >= 11 is 0. The van der Waals surface area contributed by atoms with Crippen LogP contribution in [-0.4, -0.2) is 38.0 Å². The van der Waals surface area contributed by atoms with Gasteiger partial charge in [0.1, 0.15) is 17.2 Å². The average Bonchev–Trinajstić information content (AvgIpc) is 3.12. The molecule has 3 rings (SSSR count). The number of hydrogen-bond donors (Lipinski definition) is 0. The zero-order valence-corrected chi connectivity index (χ0v) is 15.4. The first-order valence-corrected chi connectivity index (χ1v) is 8.31. The van der Waals surface area contributed by atoms with Crippen LogP contribution in [0.5, 0.6) is 17.2 Å². The summed E-state index contributed by atoms with van der Waals surface area (Å²) in [6, 6.07) is 13.0. The van der Waals surface area contributed by atoms with E-state index in [1.807, 2.05) is 42.5 Å². The highest BCUT2D eigenvalue weighted by Gasteiger charge is 2.35. The van der Waals surface area contributed by atoms with Crippen LogP contribution in [0.25, 0.3) is 0 Å². The van der Waals surface area contributed by atoms with Crippen LogP contribution in [0.15, 0.2) is 47.6 Å². The first kappa shape index (κ1) is 17.8. The number of carbonyl (C=O) groups is 1. The summed E-state index contributed by atoms with van der Waals surface area (Å²) in [6.07, 6.45) is 0.559. The predicted octanol–water partition coefficient (Wildman–Crippen LogP) is 3.41. The van der Waals surface area contributed by atoms with Gasteiger partial charge in [-0.1, -0.05) is 18.2 Å². The zero-order valence-electron chi connectivity index (χ0n) is 15.4. The molecule has 2 aromatic carbocycles. The molecule has 0 aliphatic carbocycles. The standard InChI is InChI=1S/C20H22N2O4/c1-13(23)22-17(20-18(25-3)9-6-10-19(20)26-4)12-16(21-22)14-7-5-8-15(11-14)24-2/h5-11,17H,12H2,1-4H3. The number of rotatable bonds is 5. The maximum Gasteiger partial charge on any atom is 0.240 e. The van der Waals surface area contributed by atoms with Gasteiger partial charge in [-0.05, 0) is 24.3 Å². The maximum atomic E-state index is 12.2. The molecule has 1 atom stereocenters. The van der Waals surface area contributed by atoms with E-state index in [0.29, 0.717) is 17.9 Å². The minimum Gasteiger partial charge on any atom is -0.497 e. The lowest BCUT2D eigenvalue weighted by molar-refractivity contribution is -0.130. The van der Waals surface area contributed by atoms with Crippen molar-refractivity contribution < 1.29 is 19.0 Å². The highest BCUT2D eigenvalue weighted by molar-refractivity contribution is 6.03. The monoisotopic (exact) mass is 354 g/mol. The van der Waals surface area contributed by atoms with Gasteiger partial charge in [-0.15, -0.1) is 0 Å². The molecule has 1 amide bonds. The molecule has 0 bridgehead atoms. The Morgan fingerprint density at radius 2 is 1.69 bits per heavy atom. The van der Waals surface area contributed by atoms with Gasteiger partial charge < -0.3 is 14.2 Å². The first-order valence-electron chi connectivity index (χ1n) is 8.31. The number of ether oxygens (including phenoxy) is 3. The van der Waals surface area contributed by atoms with Crippen molar-refractivity contribution >= 4 is 11.6 Å². The summed E-state index contributed by atoms with van der Waals surface area (Å²) in [5, 5.41) is 6.07. The lowest BCUT2D eigenvalue weighted by Crippen LogP contribution is -2.25. The van der Waals surface area contributed by atoms with Crippen LogP contribution in [0.2, 0.25) is 0 Å². The fourth-order valence-corrected chi connectivity index (χ4v) is 3.21. The van der Waals surface area contributed by atoms with E-state index in [-0.39, 0.29) is 11.9 Å². The number of methoxy groups -OCH3 is 3. The molecule has 0 spiro atoms. The van der Waals surface area contributed by atoms with Crippen molar-refractivity contribution in [2.75, 3.05) is 21.3 Å². The van der Waals surface area contributed by atoms with E-state index >= 15 is 0 Å². The number of amides is 1. The molecule has 6 nitrogen and oxygen atoms in total. The lowest BCUT2D eigenvalue weighted by atomic mass is 9.96. The topological polar surface area (TPSA) is 60.4 Å². The van der Waals surface area contributed by atoms with Crippen molar-refractivity contribution in [3.63, 3.8) is 0 Å². The molecule has 136 valence electrons. The predicted molar refractivity (Wildman–Crippen MR) is 99.0 cm³/mol. The summed E-state index contributed by atoms with van der Waals surface area (Å²) in [4.78, 5) is 12.2. The SMILES string of the molecule is COc1cccc(C2=NN(C(C)=O)C(c3c(OC)cccc3OC)C2)c1. The Balaban J connectivity index is 2.04. The molecule has 0 radical (unpaired) electrons. The van der Waals surface area contributed by atoms with E-state index in [9.17, 15) is 4.79 Å². The molecule has 2 aromatic rings. The highest BCUT2D eigenvalue weighted by Crippen LogP contribution is 2.42. The van der Waals surface area contributed by atoms with Gasteiger partial charge in [-0.3, -0.25) is 4.79 Å². The lowest BCUT2D eigenvalue weighted by Gasteiger charge is -2.24. The molecule has 0 saturated carbocycles. The fraction of sp³-hybridized carbons (Fsp3) is 0.300. The van der Waals surface area contributed by atoms with Gasteiger partial charge >= 0.3 is 0 Å². The zero-order chi connectivity index (χ0) is 18.7. The second kappa shape index (κ2) is 7.47. The second-order valence-corrected chi connectivity index (χ2v) is 5.94. The van der Waals surface area contributed by atoms with Gasteiger partial charge in [-0.2, -0.15) is 5.10 Å². The van der Waals surface area contributed by atoms with Crippen molar-refractivity contribution in [3.05, 3.63) is 53.6 Å². The number of carbonyl (C=O) groups excluding carboxylic acids is 1. The number of benzene rings is 2. The van der Waals surface area contributed by atoms with E-state index in [2.05, 4.69) is 5.10 Å². The normalized spacial score (nSPS) is 16.2. The van der Waals surface area contributed by atoms with E-state index in [1.54, 1.807) is 21.3 Å².